The molecule has 0 spiro atoms. The Morgan fingerprint density at radius 2 is 0.703 bits per heavy atom. The summed E-state index contributed by atoms with van der Waals surface area (Å²) < 4.78 is 16.3. The molecule has 0 aliphatic rings. The smallest absolute Gasteiger partial charge is 0.320 e. The second-order valence-electron chi connectivity index (χ2n) is 12.2. The minimum Gasteiger partial charge on any atom is -0.459 e. The van der Waals surface area contributed by atoms with Crippen LogP contribution >= 0.6 is 0 Å². The largest absolute Gasteiger partial charge is 0.459 e. The summed E-state index contributed by atoms with van der Waals surface area (Å²) in [5.74, 6) is -1.96. The van der Waals surface area contributed by atoms with Crippen molar-refractivity contribution in [3.63, 3.8) is 0 Å². The van der Waals surface area contributed by atoms with Crippen LogP contribution in [0, 0.1) is 0 Å². The second-order valence-corrected chi connectivity index (χ2v) is 12.2. The lowest BCUT2D eigenvalue weighted by molar-refractivity contribution is -0.161. The number of hydrogen-bond donors (Lipinski definition) is 0. The normalized spacial score (nSPS) is 12.6. The van der Waals surface area contributed by atoms with E-state index in [0.717, 1.165) is 0 Å². The molecule has 0 fully saturated rings. The van der Waals surface area contributed by atoms with E-state index in [4.69, 9.17) is 14.2 Å². The van der Waals surface area contributed by atoms with Crippen molar-refractivity contribution in [3.8, 4) is 0 Å². The highest BCUT2D eigenvalue weighted by Gasteiger charge is 2.27. The molecule has 37 heavy (non-hydrogen) atoms. The van der Waals surface area contributed by atoms with Gasteiger partial charge in [0.2, 0.25) is 0 Å². The van der Waals surface area contributed by atoms with Gasteiger partial charge in [-0.1, -0.05) is 0 Å². The average molecular weight is 530 g/mol. The van der Waals surface area contributed by atoms with Crippen molar-refractivity contribution in [2.24, 2.45) is 0 Å². The zero-order valence-corrected chi connectivity index (χ0v) is 24.6. The molecule has 0 radical (unpaired) electrons. The lowest BCUT2D eigenvalue weighted by Crippen LogP contribution is -2.51. The van der Waals surface area contributed by atoms with Crippen molar-refractivity contribution in [2.45, 2.75) is 93.0 Å². The van der Waals surface area contributed by atoms with E-state index in [2.05, 4.69) is 0 Å². The van der Waals surface area contributed by atoms with Crippen LogP contribution in [0.1, 0.15) is 76.2 Å². The second kappa shape index (κ2) is 14.5. The van der Waals surface area contributed by atoms with Crippen LogP contribution in [-0.2, 0) is 38.2 Å². The summed E-state index contributed by atoms with van der Waals surface area (Å²) in [6.45, 7) is 17.7. The van der Waals surface area contributed by atoms with Gasteiger partial charge in [0.15, 0.2) is 0 Å². The van der Waals surface area contributed by atoms with Crippen LogP contribution in [0.3, 0.4) is 0 Å². The van der Waals surface area contributed by atoms with Gasteiger partial charge < -0.3 is 14.2 Å². The van der Waals surface area contributed by atoms with Gasteiger partial charge in [-0.2, -0.15) is 0 Å². The molecular formula is C26H47N3O8. The molecule has 0 saturated carbocycles. The van der Waals surface area contributed by atoms with E-state index >= 15 is 0 Å². The number of esters is 3. The van der Waals surface area contributed by atoms with Gasteiger partial charge in [0.25, 0.3) is 0 Å². The van der Waals surface area contributed by atoms with E-state index in [1.165, 1.54) is 18.7 Å². The van der Waals surface area contributed by atoms with Crippen LogP contribution in [0.15, 0.2) is 0 Å². The highest BCUT2D eigenvalue weighted by molar-refractivity contribution is 5.80. The molecule has 214 valence electrons. The fraction of sp³-hybridized carbons (Fsp3) is 0.808. The molecule has 0 aliphatic carbocycles. The van der Waals surface area contributed by atoms with E-state index in [-0.39, 0.29) is 57.6 Å². The van der Waals surface area contributed by atoms with Crippen LogP contribution in [0.2, 0.25) is 0 Å². The van der Waals surface area contributed by atoms with Crippen molar-refractivity contribution < 1.29 is 38.2 Å². The molecule has 11 nitrogen and oxygen atoms in total. The third kappa shape index (κ3) is 20.4. The topological polar surface area (TPSA) is 123 Å². The molecule has 0 bridgehead atoms. The number of hydrogen-bond acceptors (Lipinski definition) is 11. The van der Waals surface area contributed by atoms with Gasteiger partial charge >= 0.3 is 17.9 Å². The first kappa shape index (κ1) is 34.6. The molecule has 0 unspecified atom stereocenters. The van der Waals surface area contributed by atoms with Crippen molar-refractivity contribution in [3.05, 3.63) is 0 Å². The SMILES string of the molecule is CC(=O)CN(CC(C)=O)CN(CC(=O)OC(C)(C)C)CN(CC(=O)OC(C)(C)C)CC(=O)OC(C)(C)C. The fourth-order valence-corrected chi connectivity index (χ4v) is 3.32. The highest BCUT2D eigenvalue weighted by atomic mass is 16.6. The molecule has 0 atom stereocenters. The van der Waals surface area contributed by atoms with E-state index in [1.54, 1.807) is 72.1 Å². The summed E-state index contributed by atoms with van der Waals surface area (Å²) in [6.07, 6.45) is 0. The monoisotopic (exact) mass is 529 g/mol. The molecule has 0 N–H and O–H groups in total. The molecule has 0 amide bonds. The van der Waals surface area contributed by atoms with Crippen LogP contribution < -0.4 is 0 Å². The van der Waals surface area contributed by atoms with E-state index in [1.807, 2.05) is 0 Å². The summed E-state index contributed by atoms with van der Waals surface area (Å²) in [6, 6.07) is 0. The minimum atomic E-state index is -0.732. The number of ketones is 2. The average Bonchev–Trinajstić information content (AvgIpc) is 2.54. The third-order valence-electron chi connectivity index (χ3n) is 4.01. The maximum absolute atomic E-state index is 12.7. The van der Waals surface area contributed by atoms with Gasteiger partial charge in [0.1, 0.15) is 28.4 Å². The lowest BCUT2D eigenvalue weighted by Gasteiger charge is -2.34. The van der Waals surface area contributed by atoms with Gasteiger partial charge in [0, 0.05) is 0 Å². The van der Waals surface area contributed by atoms with E-state index < -0.39 is 34.7 Å². The maximum Gasteiger partial charge on any atom is 0.320 e. The van der Waals surface area contributed by atoms with Crippen molar-refractivity contribution in [1.29, 1.82) is 0 Å². The molecular weight excluding hydrogens is 482 g/mol. The highest BCUT2D eigenvalue weighted by Crippen LogP contribution is 2.12. The Hall–Kier alpha value is -2.37. The maximum atomic E-state index is 12.7. The number of ether oxygens (including phenoxy) is 3. The Kier molecular flexibility index (Phi) is 13.6. The number of carbonyl (C=O) groups is 5. The fourth-order valence-electron chi connectivity index (χ4n) is 3.32. The summed E-state index contributed by atoms with van der Waals surface area (Å²) in [4.78, 5) is 66.2. The predicted octanol–water partition coefficient (Wildman–Crippen LogP) is 2.01. The summed E-state index contributed by atoms with van der Waals surface area (Å²) >= 11 is 0. The van der Waals surface area contributed by atoms with Crippen LogP contribution in [0.25, 0.3) is 0 Å². The molecule has 0 aromatic rings. The lowest BCUT2D eigenvalue weighted by atomic mass is 10.2. The first-order valence-corrected chi connectivity index (χ1v) is 12.4. The first-order valence-electron chi connectivity index (χ1n) is 12.4. The molecule has 0 aromatic heterocycles. The van der Waals surface area contributed by atoms with Crippen molar-refractivity contribution in [1.82, 2.24) is 14.7 Å². The molecule has 0 rings (SSSR count). The predicted molar refractivity (Wildman–Crippen MR) is 138 cm³/mol. The number of carbonyl (C=O) groups excluding carboxylic acids is 5. The zero-order chi connectivity index (χ0) is 29.2. The summed E-state index contributed by atoms with van der Waals surface area (Å²) in [5.41, 5.74) is -2.19. The third-order valence-corrected chi connectivity index (χ3v) is 4.01. The minimum absolute atomic E-state index is 0.0114. The Morgan fingerprint density at radius 3 is 0.946 bits per heavy atom. The molecule has 0 aliphatic heterocycles. The van der Waals surface area contributed by atoms with Crippen LogP contribution in [-0.4, -0.2) is 107 Å². The summed E-state index contributed by atoms with van der Waals surface area (Å²) in [5, 5.41) is 0. The number of nitrogens with zero attached hydrogens (tertiary/aromatic N) is 3. The van der Waals surface area contributed by atoms with E-state index in [0.29, 0.717) is 0 Å². The van der Waals surface area contributed by atoms with Gasteiger partial charge in [-0.15, -0.1) is 0 Å². The van der Waals surface area contributed by atoms with Crippen molar-refractivity contribution in [2.75, 3.05) is 46.1 Å². The molecule has 0 heterocycles. The van der Waals surface area contributed by atoms with Gasteiger partial charge in [-0.05, 0) is 76.2 Å². The van der Waals surface area contributed by atoms with E-state index in [9.17, 15) is 24.0 Å². The van der Waals surface area contributed by atoms with Crippen molar-refractivity contribution >= 4 is 29.5 Å². The quantitative estimate of drug-likeness (QED) is 0.186. The molecule has 0 saturated heterocycles. The summed E-state index contributed by atoms with van der Waals surface area (Å²) in [7, 11) is 0. The Morgan fingerprint density at radius 1 is 0.459 bits per heavy atom. The van der Waals surface area contributed by atoms with Gasteiger partial charge in [-0.3, -0.25) is 38.7 Å². The number of rotatable bonds is 14. The Balaban J connectivity index is 5.98. The molecule has 0 aromatic carbocycles. The first-order chi connectivity index (χ1) is 16.5. The Labute approximate surface area is 221 Å². The van der Waals surface area contributed by atoms with Crippen LogP contribution in [0.5, 0.6) is 0 Å². The number of Topliss-reactive ketones (excluding diaryl/α,β-unsaturated/α-hetero) is 2. The van der Waals surface area contributed by atoms with Gasteiger partial charge in [0.05, 0.1) is 46.1 Å². The standard InChI is InChI=1S/C26H47N3O8/c1-19(30)12-27(13-20(2)31)17-29(16-23(34)37-26(9,10)11)18-28(14-21(32)35-24(3,4)5)15-22(33)36-25(6,7)8/h12-18H2,1-11H3. The van der Waals surface area contributed by atoms with Gasteiger partial charge in [-0.25, -0.2) is 0 Å². The molecule has 11 heteroatoms. The zero-order valence-electron chi connectivity index (χ0n) is 24.6. The van der Waals surface area contributed by atoms with Crippen LogP contribution in [0.4, 0.5) is 0 Å². The Bertz CT molecular complexity index is 760.